The van der Waals surface area contributed by atoms with Crippen molar-refractivity contribution in [1.82, 2.24) is 9.97 Å². The van der Waals surface area contributed by atoms with E-state index in [0.717, 1.165) is 22.3 Å². The maximum absolute atomic E-state index is 5.43. The predicted octanol–water partition coefficient (Wildman–Crippen LogP) is 2.43. The average molecular weight is 194 g/mol. The van der Waals surface area contributed by atoms with Gasteiger partial charge >= 0.3 is 0 Å². The number of pyridine rings is 2. The highest BCUT2D eigenvalue weighted by molar-refractivity contribution is 5.72. The minimum Gasteiger partial charge on any atom is -0.264 e. The topological polar surface area (TPSA) is 25.8 Å². The minimum atomic E-state index is 0.812. The molecule has 72 valence electrons. The second-order valence-electron chi connectivity index (χ2n) is 3.26. The van der Waals surface area contributed by atoms with Gasteiger partial charge < -0.3 is 0 Å². The lowest BCUT2D eigenvalue weighted by Crippen LogP contribution is -1.89. The van der Waals surface area contributed by atoms with Gasteiger partial charge in [-0.1, -0.05) is 5.92 Å². The van der Waals surface area contributed by atoms with E-state index in [1.54, 1.807) is 18.6 Å². The van der Waals surface area contributed by atoms with Gasteiger partial charge in [0.1, 0.15) is 0 Å². The zero-order valence-corrected chi connectivity index (χ0v) is 8.44. The van der Waals surface area contributed by atoms with E-state index in [9.17, 15) is 0 Å². The van der Waals surface area contributed by atoms with E-state index in [4.69, 9.17) is 6.42 Å². The summed E-state index contributed by atoms with van der Waals surface area (Å²) in [6.07, 6.45) is 12.5. The number of aryl methyl sites for hydroxylation is 1. The largest absolute Gasteiger partial charge is 0.264 e. The highest BCUT2D eigenvalue weighted by atomic mass is 14.6. The average Bonchev–Trinajstić information content (AvgIpc) is 2.30. The van der Waals surface area contributed by atoms with Crippen LogP contribution in [0.25, 0.3) is 11.1 Å². The lowest BCUT2D eigenvalue weighted by Gasteiger charge is -2.06. The summed E-state index contributed by atoms with van der Waals surface area (Å²) in [5.41, 5.74) is 4.07. The highest BCUT2D eigenvalue weighted by Gasteiger charge is 2.05. The Morgan fingerprint density at radius 1 is 1.07 bits per heavy atom. The molecule has 0 atom stereocenters. The number of nitrogens with zero attached hydrogens (tertiary/aromatic N) is 2. The summed E-state index contributed by atoms with van der Waals surface area (Å²) in [6.45, 7) is 2.02. The maximum Gasteiger partial charge on any atom is 0.0504 e. The summed E-state index contributed by atoms with van der Waals surface area (Å²) in [7, 11) is 0. The van der Waals surface area contributed by atoms with E-state index in [1.165, 1.54) is 0 Å². The van der Waals surface area contributed by atoms with Crippen LogP contribution < -0.4 is 0 Å². The van der Waals surface area contributed by atoms with Crippen molar-refractivity contribution < 1.29 is 0 Å². The van der Waals surface area contributed by atoms with Gasteiger partial charge in [-0.3, -0.25) is 9.97 Å². The molecule has 15 heavy (non-hydrogen) atoms. The van der Waals surface area contributed by atoms with Gasteiger partial charge in [-0.2, -0.15) is 0 Å². The Morgan fingerprint density at radius 3 is 2.40 bits per heavy atom. The molecule has 2 rings (SSSR count). The van der Waals surface area contributed by atoms with Crippen LogP contribution in [0.3, 0.4) is 0 Å². The molecule has 0 fully saturated rings. The fourth-order valence-corrected chi connectivity index (χ4v) is 1.52. The number of aromatic nitrogens is 2. The van der Waals surface area contributed by atoms with Crippen molar-refractivity contribution >= 4 is 0 Å². The smallest absolute Gasteiger partial charge is 0.0504 e. The van der Waals surface area contributed by atoms with Crippen LogP contribution in [-0.4, -0.2) is 9.97 Å². The van der Waals surface area contributed by atoms with Gasteiger partial charge in [0.25, 0.3) is 0 Å². The summed E-state index contributed by atoms with van der Waals surface area (Å²) in [4.78, 5) is 8.07. The molecule has 2 aromatic rings. The van der Waals surface area contributed by atoms with Crippen LogP contribution >= 0.6 is 0 Å². The quantitative estimate of drug-likeness (QED) is 0.651. The molecule has 0 unspecified atom stereocenters. The van der Waals surface area contributed by atoms with Crippen LogP contribution in [0.2, 0.25) is 0 Å². The van der Waals surface area contributed by atoms with Gasteiger partial charge in [0, 0.05) is 30.4 Å². The Hall–Kier alpha value is -2.14. The molecule has 0 amide bonds. The van der Waals surface area contributed by atoms with Crippen LogP contribution in [0, 0.1) is 19.3 Å². The third-order valence-corrected chi connectivity index (χ3v) is 2.29. The first-order chi connectivity index (χ1) is 7.33. The molecule has 0 saturated heterocycles. The minimum absolute atomic E-state index is 0.812. The number of rotatable bonds is 1. The zero-order valence-electron chi connectivity index (χ0n) is 8.44. The summed E-state index contributed by atoms with van der Waals surface area (Å²) < 4.78 is 0. The molecular formula is C13H10N2. The maximum atomic E-state index is 5.43. The van der Waals surface area contributed by atoms with Crippen molar-refractivity contribution in [3.63, 3.8) is 0 Å². The van der Waals surface area contributed by atoms with Crippen LogP contribution in [0.15, 0.2) is 36.9 Å². The summed E-state index contributed by atoms with van der Waals surface area (Å²) in [5.74, 6) is 2.64. The molecule has 0 aromatic carbocycles. The molecule has 0 aliphatic carbocycles. The number of hydrogen-bond donors (Lipinski definition) is 0. The third-order valence-electron chi connectivity index (χ3n) is 2.29. The molecule has 0 aliphatic heterocycles. The summed E-state index contributed by atoms with van der Waals surface area (Å²) in [6, 6.07) is 3.89. The van der Waals surface area contributed by atoms with Crippen molar-refractivity contribution in [2.24, 2.45) is 0 Å². The van der Waals surface area contributed by atoms with E-state index < -0.39 is 0 Å². The van der Waals surface area contributed by atoms with Gasteiger partial charge in [-0.15, -0.1) is 6.42 Å². The van der Waals surface area contributed by atoms with Crippen molar-refractivity contribution in [2.75, 3.05) is 0 Å². The normalized spacial score (nSPS) is 9.60. The van der Waals surface area contributed by atoms with E-state index in [1.807, 2.05) is 25.3 Å². The standard InChI is InChI=1S/C13H10N2/c1-3-11-9-15-7-5-13(11)12-4-6-14-8-10(12)2/h1,4-9H,2H3. The fourth-order valence-electron chi connectivity index (χ4n) is 1.52. The number of terminal acetylenes is 1. The van der Waals surface area contributed by atoms with Crippen LogP contribution in [-0.2, 0) is 0 Å². The van der Waals surface area contributed by atoms with E-state index >= 15 is 0 Å². The first kappa shape index (κ1) is 9.42. The first-order valence-corrected chi connectivity index (χ1v) is 4.64. The molecule has 0 spiro atoms. The van der Waals surface area contributed by atoms with Gasteiger partial charge in [-0.05, 0) is 30.2 Å². The SMILES string of the molecule is C#Cc1cnccc1-c1ccncc1C. The lowest BCUT2D eigenvalue weighted by molar-refractivity contribution is 1.26. The Balaban J connectivity index is 2.65. The second-order valence-corrected chi connectivity index (χ2v) is 3.26. The van der Waals surface area contributed by atoms with E-state index in [2.05, 4.69) is 15.9 Å². The Labute approximate surface area is 89.0 Å². The third kappa shape index (κ3) is 1.72. The van der Waals surface area contributed by atoms with Crippen LogP contribution in [0.5, 0.6) is 0 Å². The predicted molar refractivity (Wildman–Crippen MR) is 60.1 cm³/mol. The van der Waals surface area contributed by atoms with Crippen LogP contribution in [0.4, 0.5) is 0 Å². The molecule has 2 heteroatoms. The highest BCUT2D eigenvalue weighted by Crippen LogP contribution is 2.24. The monoisotopic (exact) mass is 194 g/mol. The molecule has 0 aliphatic rings. The van der Waals surface area contributed by atoms with Gasteiger partial charge in [0.05, 0.1) is 5.56 Å². The Morgan fingerprint density at radius 2 is 1.73 bits per heavy atom. The second kappa shape index (κ2) is 3.93. The summed E-state index contributed by atoms with van der Waals surface area (Å²) in [5, 5.41) is 0. The summed E-state index contributed by atoms with van der Waals surface area (Å²) >= 11 is 0. The molecule has 0 radical (unpaired) electrons. The molecular weight excluding hydrogens is 184 g/mol. The molecule has 2 aromatic heterocycles. The molecule has 2 nitrogen and oxygen atoms in total. The first-order valence-electron chi connectivity index (χ1n) is 4.64. The van der Waals surface area contributed by atoms with Crippen molar-refractivity contribution in [3.05, 3.63) is 48.0 Å². The van der Waals surface area contributed by atoms with E-state index in [0.29, 0.717) is 0 Å². The molecule has 0 saturated carbocycles. The van der Waals surface area contributed by atoms with Gasteiger partial charge in [-0.25, -0.2) is 0 Å². The zero-order chi connectivity index (χ0) is 10.7. The van der Waals surface area contributed by atoms with Crippen molar-refractivity contribution in [1.29, 1.82) is 0 Å². The van der Waals surface area contributed by atoms with Crippen molar-refractivity contribution in [2.45, 2.75) is 6.92 Å². The van der Waals surface area contributed by atoms with Gasteiger partial charge in [0.15, 0.2) is 0 Å². The van der Waals surface area contributed by atoms with E-state index in [-0.39, 0.29) is 0 Å². The Kier molecular flexibility index (Phi) is 2.47. The Bertz CT molecular complexity index is 524. The fraction of sp³-hybridized carbons (Fsp3) is 0.0769. The molecule has 2 heterocycles. The van der Waals surface area contributed by atoms with Gasteiger partial charge in [0.2, 0.25) is 0 Å². The molecule has 0 bridgehead atoms. The molecule has 0 N–H and O–H groups in total. The number of hydrogen-bond acceptors (Lipinski definition) is 2. The lowest BCUT2D eigenvalue weighted by atomic mass is 10.00. The van der Waals surface area contributed by atoms with Crippen molar-refractivity contribution in [3.8, 4) is 23.5 Å². The van der Waals surface area contributed by atoms with Crippen LogP contribution in [0.1, 0.15) is 11.1 Å².